The summed E-state index contributed by atoms with van der Waals surface area (Å²) in [6, 6.07) is 25.4. The van der Waals surface area contributed by atoms with Gasteiger partial charge in [-0.25, -0.2) is 12.7 Å². The molecular formula is C28H32N2O3S. The van der Waals surface area contributed by atoms with Crippen LogP contribution in [0.2, 0.25) is 0 Å². The van der Waals surface area contributed by atoms with Gasteiger partial charge in [0.25, 0.3) is 0 Å². The number of rotatable bonds is 7. The highest BCUT2D eigenvalue weighted by molar-refractivity contribution is 7.88. The number of nitrogens with zero attached hydrogens (tertiary/aromatic N) is 1. The Morgan fingerprint density at radius 2 is 1.62 bits per heavy atom. The first kappa shape index (κ1) is 24.2. The van der Waals surface area contributed by atoms with E-state index in [4.69, 9.17) is 0 Å². The Hall–Kier alpha value is -2.96. The zero-order chi connectivity index (χ0) is 24.1. The molecule has 1 aliphatic rings. The summed E-state index contributed by atoms with van der Waals surface area (Å²) in [5.41, 5.74) is 5.06. The number of carbonyl (C=O) groups is 1. The van der Waals surface area contributed by atoms with Crippen LogP contribution >= 0.6 is 0 Å². The molecule has 1 saturated heterocycles. The average Bonchev–Trinajstić information content (AvgIpc) is 2.83. The summed E-state index contributed by atoms with van der Waals surface area (Å²) < 4.78 is 27.4. The van der Waals surface area contributed by atoms with Crippen molar-refractivity contribution in [3.8, 4) is 0 Å². The van der Waals surface area contributed by atoms with Crippen LogP contribution in [0.4, 0.5) is 0 Å². The van der Waals surface area contributed by atoms with Gasteiger partial charge in [-0.15, -0.1) is 0 Å². The summed E-state index contributed by atoms with van der Waals surface area (Å²) in [6.07, 6.45) is 1.04. The SMILES string of the molecule is Cc1cccc(CS(=O)(=O)N2CCC(C(=O)N[C@H](c3ccccc3)c3ccccc3C)CC2)c1. The van der Waals surface area contributed by atoms with Gasteiger partial charge < -0.3 is 5.32 Å². The fourth-order valence-electron chi connectivity index (χ4n) is 4.66. The monoisotopic (exact) mass is 476 g/mol. The number of aryl methyl sites for hydroxylation is 2. The second-order valence-electron chi connectivity index (χ2n) is 9.13. The molecule has 1 fully saturated rings. The lowest BCUT2D eigenvalue weighted by atomic mass is 9.92. The molecule has 3 aromatic rings. The smallest absolute Gasteiger partial charge is 0.223 e. The molecule has 1 heterocycles. The molecule has 1 aliphatic heterocycles. The van der Waals surface area contributed by atoms with E-state index < -0.39 is 10.0 Å². The lowest BCUT2D eigenvalue weighted by Gasteiger charge is -2.32. The van der Waals surface area contributed by atoms with Gasteiger partial charge in [-0.1, -0.05) is 84.4 Å². The molecule has 1 amide bonds. The minimum atomic E-state index is -3.42. The number of carbonyl (C=O) groups excluding carboxylic acids is 1. The minimum Gasteiger partial charge on any atom is -0.345 e. The van der Waals surface area contributed by atoms with Crippen molar-refractivity contribution >= 4 is 15.9 Å². The number of amides is 1. The zero-order valence-corrected chi connectivity index (χ0v) is 20.6. The molecule has 5 nitrogen and oxygen atoms in total. The molecule has 0 spiro atoms. The maximum atomic E-state index is 13.3. The zero-order valence-electron chi connectivity index (χ0n) is 19.8. The molecule has 4 rings (SSSR count). The lowest BCUT2D eigenvalue weighted by Crippen LogP contribution is -2.44. The molecule has 3 aromatic carbocycles. The molecule has 1 atom stereocenters. The fraction of sp³-hybridized carbons (Fsp3) is 0.321. The van der Waals surface area contributed by atoms with Crippen LogP contribution in [0.25, 0.3) is 0 Å². The molecule has 34 heavy (non-hydrogen) atoms. The Labute approximate surface area is 202 Å². The van der Waals surface area contributed by atoms with E-state index in [1.807, 2.05) is 79.7 Å². The van der Waals surface area contributed by atoms with Gasteiger partial charge in [0.15, 0.2) is 0 Å². The van der Waals surface area contributed by atoms with Crippen molar-refractivity contribution in [2.45, 2.75) is 38.5 Å². The largest absolute Gasteiger partial charge is 0.345 e. The summed E-state index contributed by atoms with van der Waals surface area (Å²) in [4.78, 5) is 13.3. The van der Waals surface area contributed by atoms with Gasteiger partial charge in [-0.3, -0.25) is 4.79 Å². The van der Waals surface area contributed by atoms with Crippen molar-refractivity contribution in [3.63, 3.8) is 0 Å². The number of sulfonamides is 1. The molecule has 0 bridgehead atoms. The van der Waals surface area contributed by atoms with E-state index in [1.54, 1.807) is 0 Å². The van der Waals surface area contributed by atoms with E-state index >= 15 is 0 Å². The van der Waals surface area contributed by atoms with Gasteiger partial charge in [0, 0.05) is 19.0 Å². The number of piperidine rings is 1. The normalized spacial score (nSPS) is 16.2. The quantitative estimate of drug-likeness (QED) is 0.535. The molecule has 0 radical (unpaired) electrons. The van der Waals surface area contributed by atoms with Gasteiger partial charge in [-0.05, 0) is 48.9 Å². The topological polar surface area (TPSA) is 66.5 Å². The van der Waals surface area contributed by atoms with Gasteiger partial charge >= 0.3 is 0 Å². The lowest BCUT2D eigenvalue weighted by molar-refractivity contribution is -0.126. The first-order chi connectivity index (χ1) is 16.3. The van der Waals surface area contributed by atoms with Crippen LogP contribution in [0.3, 0.4) is 0 Å². The third-order valence-corrected chi connectivity index (χ3v) is 8.42. The molecule has 0 aliphatic carbocycles. The predicted molar refractivity (Wildman–Crippen MR) is 136 cm³/mol. The maximum absolute atomic E-state index is 13.3. The molecule has 178 valence electrons. The molecular weight excluding hydrogens is 444 g/mol. The van der Waals surface area contributed by atoms with Crippen molar-refractivity contribution in [3.05, 3.63) is 107 Å². The molecule has 0 saturated carbocycles. The fourth-order valence-corrected chi connectivity index (χ4v) is 6.21. The Morgan fingerprint density at radius 1 is 0.941 bits per heavy atom. The van der Waals surface area contributed by atoms with E-state index in [1.165, 1.54) is 4.31 Å². The Kier molecular flexibility index (Phi) is 7.49. The molecule has 0 aromatic heterocycles. The standard InChI is InChI=1S/C28H32N2O3S/c1-21-9-8-11-23(19-21)20-34(32,33)30-17-15-25(16-18-30)28(31)29-27(24-12-4-3-5-13-24)26-14-7-6-10-22(26)2/h3-14,19,25,27H,15-18,20H2,1-2H3,(H,29,31)/t27-/m1/s1. The molecule has 0 unspecified atom stereocenters. The number of hydrogen-bond acceptors (Lipinski definition) is 3. The third-order valence-electron chi connectivity index (χ3n) is 6.57. The van der Waals surface area contributed by atoms with E-state index in [0.29, 0.717) is 25.9 Å². The predicted octanol–water partition coefficient (Wildman–Crippen LogP) is 4.75. The van der Waals surface area contributed by atoms with Crippen LogP contribution in [0.1, 0.15) is 46.7 Å². The van der Waals surface area contributed by atoms with E-state index in [0.717, 1.165) is 27.8 Å². The Bertz CT molecular complexity index is 1230. The van der Waals surface area contributed by atoms with Crippen molar-refractivity contribution < 1.29 is 13.2 Å². The van der Waals surface area contributed by atoms with Crippen LogP contribution in [-0.4, -0.2) is 31.7 Å². The second kappa shape index (κ2) is 10.5. The molecule has 1 N–H and O–H groups in total. The van der Waals surface area contributed by atoms with Crippen LogP contribution in [-0.2, 0) is 20.6 Å². The number of nitrogens with one attached hydrogen (secondary N) is 1. The Balaban J connectivity index is 1.42. The van der Waals surface area contributed by atoms with Crippen LogP contribution < -0.4 is 5.32 Å². The van der Waals surface area contributed by atoms with Crippen LogP contribution in [0.5, 0.6) is 0 Å². The van der Waals surface area contributed by atoms with Crippen LogP contribution in [0, 0.1) is 19.8 Å². The van der Waals surface area contributed by atoms with Crippen molar-refractivity contribution in [2.75, 3.05) is 13.1 Å². The van der Waals surface area contributed by atoms with Gasteiger partial charge in [0.05, 0.1) is 11.8 Å². The summed E-state index contributed by atoms with van der Waals surface area (Å²) in [5.74, 6) is -0.233. The number of benzene rings is 3. The van der Waals surface area contributed by atoms with Gasteiger partial charge in [-0.2, -0.15) is 0 Å². The van der Waals surface area contributed by atoms with Crippen molar-refractivity contribution in [1.82, 2.24) is 9.62 Å². The molecule has 6 heteroatoms. The van der Waals surface area contributed by atoms with Gasteiger partial charge in [0.1, 0.15) is 0 Å². The Morgan fingerprint density at radius 3 is 2.29 bits per heavy atom. The van der Waals surface area contributed by atoms with E-state index in [2.05, 4.69) is 18.3 Å². The number of hydrogen-bond donors (Lipinski definition) is 1. The summed E-state index contributed by atoms with van der Waals surface area (Å²) in [6.45, 7) is 4.74. The third kappa shape index (κ3) is 5.75. The average molecular weight is 477 g/mol. The second-order valence-corrected chi connectivity index (χ2v) is 11.1. The van der Waals surface area contributed by atoms with Crippen molar-refractivity contribution in [1.29, 1.82) is 0 Å². The highest BCUT2D eigenvalue weighted by Gasteiger charge is 2.32. The highest BCUT2D eigenvalue weighted by Crippen LogP contribution is 2.27. The summed E-state index contributed by atoms with van der Waals surface area (Å²) in [5, 5.41) is 3.25. The van der Waals surface area contributed by atoms with E-state index in [-0.39, 0.29) is 23.6 Å². The summed E-state index contributed by atoms with van der Waals surface area (Å²) in [7, 11) is -3.42. The van der Waals surface area contributed by atoms with Gasteiger partial charge in [0.2, 0.25) is 15.9 Å². The van der Waals surface area contributed by atoms with Crippen LogP contribution in [0.15, 0.2) is 78.9 Å². The van der Waals surface area contributed by atoms with E-state index in [9.17, 15) is 13.2 Å². The highest BCUT2D eigenvalue weighted by atomic mass is 32.2. The first-order valence-corrected chi connectivity index (χ1v) is 13.4. The first-order valence-electron chi connectivity index (χ1n) is 11.8. The summed E-state index contributed by atoms with van der Waals surface area (Å²) >= 11 is 0. The minimum absolute atomic E-state index is 0.00505. The van der Waals surface area contributed by atoms with Crippen molar-refractivity contribution in [2.24, 2.45) is 5.92 Å². The maximum Gasteiger partial charge on any atom is 0.223 e.